The van der Waals surface area contributed by atoms with E-state index in [1.807, 2.05) is 38.4 Å². The van der Waals surface area contributed by atoms with Crippen molar-refractivity contribution in [1.29, 1.82) is 0 Å². The van der Waals surface area contributed by atoms with Crippen molar-refractivity contribution in [2.24, 2.45) is 11.8 Å². The molecular formula is C55H75N9O16S3. The zero-order chi connectivity index (χ0) is 61.1. The van der Waals surface area contributed by atoms with Crippen LogP contribution in [0.2, 0.25) is 0 Å². The molecule has 9 rings (SSSR count). The van der Waals surface area contributed by atoms with Gasteiger partial charge < -0.3 is 59.4 Å². The largest absolute Gasteiger partial charge is 0.748 e. The molecule has 6 fully saturated rings. The van der Waals surface area contributed by atoms with Crippen LogP contribution in [-0.2, 0) is 65.0 Å². The SMILES string of the molecule is CC[C@H]1NC(=O)[C@@H](NC(=O)c2ncccc2O)[C@H](C)OC(=O)[C@H](c2ccccc2)NC(=O)[C@@H]2CC(=O)[C@H](CS[C@@H]3C[NH+]4CCC3CC4)CN2C(=O)[C@H](Cc2ccc([NH+](C)C)cc2)N(C)C(=O)[C@@H]2CCCN2C1=O.CS(=O)(=O)[O-].CS(=O)(=O)[O-]. The normalized spacial score (nSPS) is 27.5. The molecule has 0 spiro atoms. The van der Waals surface area contributed by atoms with Gasteiger partial charge in [0.1, 0.15) is 53.5 Å². The van der Waals surface area contributed by atoms with E-state index in [9.17, 15) is 29.1 Å². The van der Waals surface area contributed by atoms with Gasteiger partial charge in [-0.15, -0.1) is 0 Å². The Balaban J connectivity index is 0.00000102. The first kappa shape index (κ1) is 65.6. The Morgan fingerprint density at radius 3 is 2.07 bits per heavy atom. The number of ketones is 1. The lowest BCUT2D eigenvalue weighted by Gasteiger charge is -2.43. The summed E-state index contributed by atoms with van der Waals surface area (Å²) in [6, 6.07) is 10.4. The number of piperidine rings is 4. The molecule has 2 aromatic carbocycles. The number of aromatic nitrogens is 1. The number of quaternary nitrogens is 2. The van der Waals surface area contributed by atoms with Crippen LogP contribution in [0.15, 0.2) is 72.9 Å². The number of fused-ring (bicyclic) bond motifs is 5. The summed E-state index contributed by atoms with van der Waals surface area (Å²) < 4.78 is 60.4. The molecule has 83 heavy (non-hydrogen) atoms. The minimum absolute atomic E-state index is 0.0409. The van der Waals surface area contributed by atoms with E-state index in [4.69, 9.17) is 30.7 Å². The Morgan fingerprint density at radius 2 is 1.49 bits per heavy atom. The third kappa shape index (κ3) is 18.2. The van der Waals surface area contributed by atoms with Crippen molar-refractivity contribution in [3.05, 3.63) is 89.7 Å². The number of benzene rings is 2. The van der Waals surface area contributed by atoms with Gasteiger partial charge in [-0.25, -0.2) is 26.6 Å². The van der Waals surface area contributed by atoms with E-state index in [0.29, 0.717) is 35.9 Å². The number of nitrogens with one attached hydrogen (secondary N) is 5. The fraction of sp³-hybridized carbons (Fsp3) is 0.545. The fourth-order valence-electron chi connectivity index (χ4n) is 11.0. The number of thioether (sulfide) groups is 1. The highest BCUT2D eigenvalue weighted by molar-refractivity contribution is 8.00. The molecule has 9 atom stereocenters. The Bertz CT molecular complexity index is 3010. The van der Waals surface area contributed by atoms with Crippen LogP contribution in [0.5, 0.6) is 5.75 Å². The molecular weight excluding hydrogens is 1140 g/mol. The van der Waals surface area contributed by atoms with Crippen LogP contribution in [-0.4, -0.2) is 212 Å². The first-order chi connectivity index (χ1) is 39.0. The van der Waals surface area contributed by atoms with Gasteiger partial charge in [0, 0.05) is 76.2 Å². The molecule has 0 saturated carbocycles. The molecule has 0 radical (unpaired) electrons. The Morgan fingerprint density at radius 1 is 0.855 bits per heavy atom. The second kappa shape index (κ2) is 28.8. The smallest absolute Gasteiger partial charge is 0.333 e. The topological polar surface area (TPSA) is 348 Å². The summed E-state index contributed by atoms with van der Waals surface area (Å²) in [6.45, 7) is 6.38. The van der Waals surface area contributed by atoms with Crippen LogP contribution in [0, 0.1) is 11.8 Å². The highest BCUT2D eigenvalue weighted by Crippen LogP contribution is 2.33. The number of carbonyl (C=O) groups is 8. The van der Waals surface area contributed by atoms with Gasteiger partial charge in [-0.05, 0) is 67.5 Å². The maximum atomic E-state index is 15.7. The van der Waals surface area contributed by atoms with Crippen molar-refractivity contribution >= 4 is 84.9 Å². The molecule has 3 aromatic rings. The highest BCUT2D eigenvalue weighted by Gasteiger charge is 2.48. The summed E-state index contributed by atoms with van der Waals surface area (Å²) >= 11 is 1.76. The van der Waals surface area contributed by atoms with Gasteiger partial charge >= 0.3 is 5.97 Å². The molecule has 6 saturated heterocycles. The Kier molecular flexibility index (Phi) is 22.8. The van der Waals surface area contributed by atoms with E-state index in [0.717, 1.165) is 48.6 Å². The molecule has 0 unspecified atom stereocenters. The number of Topliss-reactive ketones (excluding diaryl/α,β-unsaturated/α-hetero) is 1. The average molecular weight is 1210 g/mol. The third-order valence-electron chi connectivity index (χ3n) is 15.4. The number of hydrogen-bond acceptors (Lipinski definition) is 18. The Labute approximate surface area is 488 Å². The lowest BCUT2D eigenvalue weighted by atomic mass is 9.88. The number of amides is 6. The molecule has 0 aliphatic carbocycles. The van der Waals surface area contributed by atoms with Crippen molar-refractivity contribution in [2.75, 3.05) is 72.1 Å². The van der Waals surface area contributed by atoms with Crippen molar-refractivity contribution in [3.63, 3.8) is 0 Å². The van der Waals surface area contributed by atoms with E-state index in [2.05, 4.69) is 20.9 Å². The van der Waals surface area contributed by atoms with E-state index < -0.39 is 121 Å². The summed E-state index contributed by atoms with van der Waals surface area (Å²) in [5.74, 6) is -5.73. The zero-order valence-electron chi connectivity index (χ0n) is 47.5. The van der Waals surface area contributed by atoms with Crippen LogP contribution in [0.25, 0.3) is 0 Å². The summed E-state index contributed by atoms with van der Waals surface area (Å²) in [6.07, 6.45) is 3.72. The van der Waals surface area contributed by atoms with Gasteiger partial charge in [-0.2, -0.15) is 11.8 Å². The molecule has 6 N–H and O–H groups in total. The molecule has 2 bridgehead atoms. The number of esters is 1. The monoisotopic (exact) mass is 1210 g/mol. The van der Waals surface area contributed by atoms with Crippen LogP contribution in [0.4, 0.5) is 5.69 Å². The number of cyclic esters (lactones) is 1. The predicted molar refractivity (Wildman–Crippen MR) is 301 cm³/mol. The van der Waals surface area contributed by atoms with Gasteiger partial charge in [0.2, 0.25) is 29.5 Å². The standard InChI is InChI=1S/C53H67N9O10S.2CH4O3S/c1-6-37-50(68)61-23-11-14-38(61)51(69)59(5)40(26-32-16-18-36(19-17-32)58(3)4)52(70)62-28-35(30-73-43-29-60-24-20-33(43)21-25-60)42(64)27-39(62)47(65)57-45(34-12-8-7-9-13-34)53(71)72-31(2)44(48(66)55-37)56-49(67)46-41(63)15-10-22-54-46;2*1-5(2,3)4/h7-10,12-13,15-19,22,31,33,35,37-40,43-45,63H,6,11,14,20-21,23-30H2,1-5H3,(H,55,66)(H,56,67)(H,57,65);2*1H3,(H,2,3,4)/t31-,35-,37+,38-,39-,40-,43+,44-,45-;;/m0../s1. The van der Waals surface area contributed by atoms with Gasteiger partial charge in [0.15, 0.2) is 11.7 Å². The van der Waals surface area contributed by atoms with E-state index in [1.54, 1.807) is 53.9 Å². The van der Waals surface area contributed by atoms with E-state index in [1.165, 1.54) is 47.0 Å². The quantitative estimate of drug-likeness (QED) is 0.0939. The minimum Gasteiger partial charge on any atom is -0.748 e. The van der Waals surface area contributed by atoms with Crippen LogP contribution in [0.3, 0.4) is 0 Å². The molecule has 7 heterocycles. The first-order valence-corrected chi connectivity index (χ1v) is 32.1. The molecule has 454 valence electrons. The summed E-state index contributed by atoms with van der Waals surface area (Å²) in [5, 5.41) is 18.9. The van der Waals surface area contributed by atoms with Crippen molar-refractivity contribution < 1.29 is 83.9 Å². The number of nitrogens with zero attached hydrogens (tertiary/aromatic N) is 4. The lowest BCUT2D eigenvalue weighted by molar-refractivity contribution is -0.915. The maximum Gasteiger partial charge on any atom is 0.333 e. The predicted octanol–water partition coefficient (Wildman–Crippen LogP) is -2.06. The minimum atomic E-state index is -3.92. The number of pyridine rings is 1. The average Bonchev–Trinajstić information content (AvgIpc) is 3.63. The van der Waals surface area contributed by atoms with Crippen molar-refractivity contribution in [2.45, 2.75) is 106 Å². The van der Waals surface area contributed by atoms with Crippen LogP contribution < -0.4 is 25.8 Å². The number of aromatic hydroxyl groups is 1. The van der Waals surface area contributed by atoms with Gasteiger partial charge in [-0.3, -0.25) is 33.6 Å². The first-order valence-electron chi connectivity index (χ1n) is 27.4. The zero-order valence-corrected chi connectivity index (χ0v) is 49.9. The van der Waals surface area contributed by atoms with Gasteiger partial charge in [-0.1, -0.05) is 49.4 Å². The van der Waals surface area contributed by atoms with E-state index in [-0.39, 0.29) is 50.1 Å². The number of carbonyl (C=O) groups excluding carboxylic acids is 8. The number of rotatable bonds is 10. The fourth-order valence-corrected chi connectivity index (χ4v) is 12.7. The van der Waals surface area contributed by atoms with Crippen molar-refractivity contribution in [1.82, 2.24) is 35.6 Å². The Hall–Kier alpha value is -6.56. The third-order valence-corrected chi connectivity index (χ3v) is 17.0. The number of ether oxygens (including phenoxy) is 1. The molecule has 28 heteroatoms. The summed E-state index contributed by atoms with van der Waals surface area (Å²) in [4.78, 5) is 128. The van der Waals surface area contributed by atoms with E-state index >= 15 is 14.4 Å². The van der Waals surface area contributed by atoms with Gasteiger partial charge in [0.25, 0.3) is 5.91 Å². The summed E-state index contributed by atoms with van der Waals surface area (Å²) in [5.41, 5.74) is 1.59. The number of hydrogen-bond donors (Lipinski definition) is 6. The summed E-state index contributed by atoms with van der Waals surface area (Å²) in [7, 11) is -2.33. The van der Waals surface area contributed by atoms with Crippen LogP contribution in [0.1, 0.15) is 80.0 Å². The second-order valence-corrected chi connectivity index (χ2v) is 25.9. The molecule has 6 aliphatic rings. The lowest BCUT2D eigenvalue weighted by Crippen LogP contribution is -3.16. The van der Waals surface area contributed by atoms with Crippen LogP contribution >= 0.6 is 11.8 Å². The molecule has 1 aromatic heterocycles. The molecule has 6 aliphatic heterocycles. The van der Waals surface area contributed by atoms with Crippen molar-refractivity contribution in [3.8, 4) is 5.75 Å². The maximum absolute atomic E-state index is 15.7. The molecule has 6 amide bonds. The molecule has 25 nitrogen and oxygen atoms in total. The highest BCUT2D eigenvalue weighted by atomic mass is 32.2. The van der Waals surface area contributed by atoms with Gasteiger partial charge in [0.05, 0.1) is 59.2 Å². The second-order valence-electron chi connectivity index (χ2n) is 21.8. The number of likely N-dealkylation sites (N-methyl/N-ethyl adjacent to an activating group) is 1.